The Morgan fingerprint density at radius 1 is 1.18 bits per heavy atom. The third-order valence-corrected chi connectivity index (χ3v) is 4.53. The van der Waals surface area contributed by atoms with E-state index in [0.717, 1.165) is 24.8 Å². The van der Waals surface area contributed by atoms with Crippen molar-refractivity contribution in [2.24, 2.45) is 5.41 Å². The first-order valence-corrected chi connectivity index (χ1v) is 6.75. The van der Waals surface area contributed by atoms with Gasteiger partial charge in [-0.1, -0.05) is 13.8 Å². The van der Waals surface area contributed by atoms with Gasteiger partial charge in [0.25, 0.3) is 0 Å². The average molecular weight is 229 g/mol. The van der Waals surface area contributed by atoms with Gasteiger partial charge < -0.3 is 5.32 Å². The molecule has 2 heterocycles. The van der Waals surface area contributed by atoms with Gasteiger partial charge in [-0.2, -0.15) is 0 Å². The lowest BCUT2D eigenvalue weighted by Crippen LogP contribution is -2.06. The van der Waals surface area contributed by atoms with Gasteiger partial charge in [-0.15, -0.1) is 0 Å². The fourth-order valence-corrected chi connectivity index (χ4v) is 2.97. The van der Waals surface area contributed by atoms with Crippen LogP contribution in [0.15, 0.2) is 0 Å². The zero-order valence-corrected chi connectivity index (χ0v) is 10.6. The van der Waals surface area contributed by atoms with Crippen LogP contribution in [-0.4, -0.2) is 9.97 Å². The monoisotopic (exact) mass is 229 g/mol. The van der Waals surface area contributed by atoms with E-state index in [1.165, 1.54) is 36.2 Å². The quantitative estimate of drug-likeness (QED) is 0.846. The van der Waals surface area contributed by atoms with Crippen LogP contribution in [0, 0.1) is 5.41 Å². The Labute approximate surface area is 102 Å². The second-order valence-electron chi connectivity index (χ2n) is 6.52. The zero-order valence-electron chi connectivity index (χ0n) is 10.6. The maximum absolute atomic E-state index is 4.91. The first kappa shape index (κ1) is 10.0. The van der Waals surface area contributed by atoms with Gasteiger partial charge >= 0.3 is 0 Å². The van der Waals surface area contributed by atoms with E-state index in [1.807, 2.05) is 0 Å². The maximum Gasteiger partial charge on any atom is 0.132 e. The van der Waals surface area contributed by atoms with Gasteiger partial charge in [-0.25, -0.2) is 9.97 Å². The molecule has 3 heteroatoms. The summed E-state index contributed by atoms with van der Waals surface area (Å²) in [5.74, 6) is 2.47. The molecular formula is C14H19N3. The maximum atomic E-state index is 4.91. The molecule has 0 radical (unpaired) electrons. The van der Waals surface area contributed by atoms with E-state index in [-0.39, 0.29) is 0 Å². The molecule has 4 rings (SSSR count). The van der Waals surface area contributed by atoms with Crippen LogP contribution in [0.25, 0.3) is 0 Å². The van der Waals surface area contributed by atoms with Crippen molar-refractivity contribution in [3.8, 4) is 0 Å². The second kappa shape index (κ2) is 3.08. The van der Waals surface area contributed by atoms with Crippen LogP contribution >= 0.6 is 0 Å². The van der Waals surface area contributed by atoms with Gasteiger partial charge in [-0.3, -0.25) is 0 Å². The molecule has 1 aliphatic heterocycles. The van der Waals surface area contributed by atoms with Gasteiger partial charge in [0.1, 0.15) is 5.82 Å². The highest BCUT2D eigenvalue weighted by atomic mass is 15.0. The molecule has 3 nitrogen and oxygen atoms in total. The fraction of sp³-hybridized carbons (Fsp3) is 0.714. The van der Waals surface area contributed by atoms with Crippen molar-refractivity contribution in [2.45, 2.75) is 58.0 Å². The first-order chi connectivity index (χ1) is 8.15. The topological polar surface area (TPSA) is 37.8 Å². The largest absolute Gasteiger partial charge is 0.307 e. The first-order valence-electron chi connectivity index (χ1n) is 6.75. The summed E-state index contributed by atoms with van der Waals surface area (Å²) in [6, 6.07) is 0. The molecule has 0 saturated heterocycles. The van der Waals surface area contributed by atoms with Gasteiger partial charge in [0, 0.05) is 30.5 Å². The van der Waals surface area contributed by atoms with Crippen molar-refractivity contribution < 1.29 is 0 Å². The van der Waals surface area contributed by atoms with Gasteiger partial charge in [0.2, 0.25) is 0 Å². The number of aromatic nitrogens is 2. The number of rotatable bonds is 2. The summed E-state index contributed by atoms with van der Waals surface area (Å²) in [6.07, 6.45) is 3.91. The second-order valence-corrected chi connectivity index (χ2v) is 6.52. The molecule has 1 aromatic rings. The van der Waals surface area contributed by atoms with Crippen LogP contribution in [0.3, 0.4) is 0 Å². The summed E-state index contributed by atoms with van der Waals surface area (Å²) < 4.78 is 0. The molecule has 2 fully saturated rings. The number of hydrogen-bond donors (Lipinski definition) is 1. The molecule has 3 aliphatic rings. The average Bonchev–Trinajstić information content (AvgIpc) is 3.17. The molecule has 17 heavy (non-hydrogen) atoms. The number of hydrogen-bond acceptors (Lipinski definition) is 3. The number of nitrogens with one attached hydrogen (secondary N) is 1. The lowest BCUT2D eigenvalue weighted by molar-refractivity contribution is 0.604. The van der Waals surface area contributed by atoms with Crippen molar-refractivity contribution in [2.75, 3.05) is 0 Å². The standard InChI is InChI=1S/C14H19N3/c1-14(2)5-10(14)13-16-11-7-15-6-9(11)12(17-13)8-3-4-8/h8,10,15H,3-7H2,1-2H3. The Morgan fingerprint density at radius 2 is 1.94 bits per heavy atom. The van der Waals surface area contributed by atoms with E-state index in [9.17, 15) is 0 Å². The van der Waals surface area contributed by atoms with Crippen LogP contribution in [0.2, 0.25) is 0 Å². The van der Waals surface area contributed by atoms with Crippen molar-refractivity contribution in [1.82, 2.24) is 15.3 Å². The summed E-state index contributed by atoms with van der Waals surface area (Å²) >= 11 is 0. The Bertz CT molecular complexity index is 488. The van der Waals surface area contributed by atoms with Crippen LogP contribution in [0.1, 0.15) is 67.7 Å². The van der Waals surface area contributed by atoms with E-state index in [0.29, 0.717) is 11.3 Å². The summed E-state index contributed by atoms with van der Waals surface area (Å²) in [7, 11) is 0. The van der Waals surface area contributed by atoms with Crippen molar-refractivity contribution in [3.63, 3.8) is 0 Å². The smallest absolute Gasteiger partial charge is 0.132 e. The predicted octanol–water partition coefficient (Wildman–Crippen LogP) is 2.47. The molecule has 0 amide bonds. The van der Waals surface area contributed by atoms with Crippen molar-refractivity contribution in [3.05, 3.63) is 22.8 Å². The highest BCUT2D eigenvalue weighted by molar-refractivity contribution is 5.35. The van der Waals surface area contributed by atoms with E-state index in [4.69, 9.17) is 9.97 Å². The normalized spacial score (nSPS) is 29.2. The predicted molar refractivity (Wildman–Crippen MR) is 65.7 cm³/mol. The summed E-state index contributed by atoms with van der Waals surface area (Å²) in [4.78, 5) is 9.72. The third kappa shape index (κ3) is 1.52. The fourth-order valence-electron chi connectivity index (χ4n) is 2.97. The van der Waals surface area contributed by atoms with Gasteiger partial charge in [0.15, 0.2) is 0 Å². The number of fused-ring (bicyclic) bond motifs is 1. The number of nitrogens with zero attached hydrogens (tertiary/aromatic N) is 2. The minimum atomic E-state index is 0.432. The highest BCUT2D eigenvalue weighted by Crippen LogP contribution is 2.58. The molecule has 1 aromatic heterocycles. The van der Waals surface area contributed by atoms with E-state index >= 15 is 0 Å². The van der Waals surface area contributed by atoms with Crippen LogP contribution in [0.4, 0.5) is 0 Å². The van der Waals surface area contributed by atoms with Gasteiger partial charge in [0.05, 0.1) is 11.4 Å². The molecule has 90 valence electrons. The molecule has 1 unspecified atom stereocenters. The van der Waals surface area contributed by atoms with Crippen LogP contribution in [0.5, 0.6) is 0 Å². The van der Waals surface area contributed by atoms with Crippen LogP contribution in [-0.2, 0) is 13.1 Å². The van der Waals surface area contributed by atoms with E-state index in [2.05, 4.69) is 19.2 Å². The molecular weight excluding hydrogens is 210 g/mol. The molecule has 2 saturated carbocycles. The molecule has 1 atom stereocenters. The lowest BCUT2D eigenvalue weighted by atomic mass is 10.1. The molecule has 1 N–H and O–H groups in total. The Balaban J connectivity index is 1.79. The molecule has 0 bridgehead atoms. The molecule has 0 aromatic carbocycles. The SMILES string of the molecule is CC1(C)CC1c1nc2c(c(C3CC3)n1)CNC2. The summed E-state index contributed by atoms with van der Waals surface area (Å²) in [6.45, 7) is 6.57. The third-order valence-electron chi connectivity index (χ3n) is 4.53. The Kier molecular flexibility index (Phi) is 1.81. The summed E-state index contributed by atoms with van der Waals surface area (Å²) in [5, 5.41) is 3.42. The minimum Gasteiger partial charge on any atom is -0.307 e. The lowest BCUT2D eigenvalue weighted by Gasteiger charge is -2.09. The van der Waals surface area contributed by atoms with Crippen LogP contribution < -0.4 is 5.32 Å². The Morgan fingerprint density at radius 3 is 2.59 bits per heavy atom. The molecule has 0 spiro atoms. The minimum absolute atomic E-state index is 0.432. The van der Waals surface area contributed by atoms with Crippen molar-refractivity contribution >= 4 is 0 Å². The molecule has 2 aliphatic carbocycles. The van der Waals surface area contributed by atoms with E-state index < -0.39 is 0 Å². The van der Waals surface area contributed by atoms with Crippen molar-refractivity contribution in [1.29, 1.82) is 0 Å². The van der Waals surface area contributed by atoms with E-state index in [1.54, 1.807) is 0 Å². The summed E-state index contributed by atoms with van der Waals surface area (Å²) in [5.41, 5.74) is 4.49. The van der Waals surface area contributed by atoms with Gasteiger partial charge in [-0.05, 0) is 24.7 Å². The highest BCUT2D eigenvalue weighted by Gasteiger charge is 2.49. The Hall–Kier alpha value is -0.960. The zero-order chi connectivity index (χ0) is 11.6.